The van der Waals surface area contributed by atoms with Crippen molar-refractivity contribution in [3.63, 3.8) is 0 Å². The summed E-state index contributed by atoms with van der Waals surface area (Å²) in [6, 6.07) is 29.2. The molecule has 5 aliphatic rings. The molecule has 380 valence electrons. The van der Waals surface area contributed by atoms with Crippen LogP contribution in [0.25, 0.3) is 0 Å². The third kappa shape index (κ3) is 10.5. The van der Waals surface area contributed by atoms with Crippen molar-refractivity contribution >= 4 is 52.3 Å². The average molecular weight is 996 g/mol. The number of hydrogen-bond donors (Lipinski definition) is 2. The van der Waals surface area contributed by atoms with Gasteiger partial charge in [0.15, 0.2) is 11.5 Å². The van der Waals surface area contributed by atoms with Crippen molar-refractivity contribution in [3.8, 4) is 23.0 Å². The average Bonchev–Trinajstić information content (AvgIpc) is 3.97. The summed E-state index contributed by atoms with van der Waals surface area (Å²) in [4.78, 5) is 72.5. The summed E-state index contributed by atoms with van der Waals surface area (Å²) >= 11 is 0. The number of nitrogens with one attached hydrogen (secondary N) is 2. The van der Waals surface area contributed by atoms with Crippen LogP contribution in [0.3, 0.4) is 0 Å². The molecule has 1 fully saturated rings. The number of ether oxygens (including phenoxy) is 7. The molecule has 1 unspecified atom stereocenters. The van der Waals surface area contributed by atoms with Crippen LogP contribution in [0.4, 0.5) is 22.7 Å². The lowest BCUT2D eigenvalue weighted by atomic mass is 10.1. The van der Waals surface area contributed by atoms with Crippen molar-refractivity contribution in [1.82, 2.24) is 5.06 Å². The molecule has 5 heterocycles. The number of fused-ring (bicyclic) bond motifs is 8. The summed E-state index contributed by atoms with van der Waals surface area (Å²) in [5.41, 5.74) is 9.11. The molecule has 5 aliphatic heterocycles. The fraction of sp³-hybridized carbons (Fsp3) is 0.364. The summed E-state index contributed by atoms with van der Waals surface area (Å²) in [5.74, 6) is -0.534. The van der Waals surface area contributed by atoms with Crippen molar-refractivity contribution in [2.45, 2.75) is 58.4 Å². The Balaban J connectivity index is 0.771. The molecule has 18 heteroatoms. The maximum absolute atomic E-state index is 14.1. The van der Waals surface area contributed by atoms with E-state index in [9.17, 15) is 24.0 Å². The zero-order chi connectivity index (χ0) is 50.6. The van der Waals surface area contributed by atoms with E-state index >= 15 is 0 Å². The Kier molecular flexibility index (Phi) is 14.5. The highest BCUT2D eigenvalue weighted by Gasteiger charge is 2.40. The van der Waals surface area contributed by atoms with Gasteiger partial charge in [-0.05, 0) is 90.0 Å². The summed E-state index contributed by atoms with van der Waals surface area (Å²) < 4.78 is 41.5. The number of methoxy groups -OCH3 is 1. The molecule has 0 aliphatic carbocycles. The van der Waals surface area contributed by atoms with Gasteiger partial charge >= 0.3 is 5.97 Å². The predicted molar refractivity (Wildman–Crippen MR) is 267 cm³/mol. The minimum absolute atomic E-state index is 0.000473. The largest absolute Gasteiger partial charge is 0.493 e. The van der Waals surface area contributed by atoms with Gasteiger partial charge in [-0.2, -0.15) is 0 Å². The van der Waals surface area contributed by atoms with E-state index in [1.807, 2.05) is 89.5 Å². The number of carbonyl (C=O) groups excluding carboxylic acids is 5. The Labute approximate surface area is 422 Å². The monoisotopic (exact) mass is 995 g/mol. The normalized spacial score (nSPS) is 18.3. The number of hydroxylamine groups is 2. The first kappa shape index (κ1) is 48.9. The van der Waals surface area contributed by atoms with E-state index in [0.717, 1.165) is 52.2 Å². The molecule has 0 saturated carbocycles. The van der Waals surface area contributed by atoms with Crippen molar-refractivity contribution in [2.24, 2.45) is 5.92 Å². The van der Waals surface area contributed by atoms with Crippen LogP contribution in [0.15, 0.2) is 91.0 Å². The molecule has 0 bridgehead atoms. The van der Waals surface area contributed by atoms with Gasteiger partial charge in [0.2, 0.25) is 0 Å². The third-order valence-electron chi connectivity index (χ3n) is 13.5. The van der Waals surface area contributed by atoms with Crippen LogP contribution < -0.4 is 39.4 Å². The first-order chi connectivity index (χ1) is 35.5. The molecular weight excluding hydrogens is 939 g/mol. The summed E-state index contributed by atoms with van der Waals surface area (Å²) in [6.07, 6.45) is 1.55. The third-order valence-corrected chi connectivity index (χ3v) is 13.5. The van der Waals surface area contributed by atoms with Crippen molar-refractivity contribution in [2.75, 3.05) is 86.9 Å². The van der Waals surface area contributed by atoms with Crippen LogP contribution in [-0.4, -0.2) is 113 Å². The second-order valence-corrected chi connectivity index (χ2v) is 18.6. The van der Waals surface area contributed by atoms with Crippen LogP contribution in [0, 0.1) is 12.8 Å². The van der Waals surface area contributed by atoms with Gasteiger partial charge in [0, 0.05) is 48.9 Å². The van der Waals surface area contributed by atoms with Crippen LogP contribution in [-0.2, 0) is 59.5 Å². The van der Waals surface area contributed by atoms with E-state index in [-0.39, 0.29) is 83.2 Å². The summed E-state index contributed by atoms with van der Waals surface area (Å²) in [5, 5.41) is 7.51. The molecular formula is C55H57N5O13. The number of amides is 4. The van der Waals surface area contributed by atoms with E-state index < -0.39 is 30.3 Å². The Morgan fingerprint density at radius 2 is 1.16 bits per heavy atom. The molecule has 0 radical (unpaired) electrons. The molecule has 2 N–H and O–H groups in total. The highest BCUT2D eigenvalue weighted by molar-refractivity contribution is 6.13. The second kappa shape index (κ2) is 21.6. The molecule has 4 amide bonds. The number of carbonyl (C=O) groups is 5. The van der Waals surface area contributed by atoms with E-state index in [2.05, 4.69) is 22.8 Å². The quantitative estimate of drug-likeness (QED) is 0.0639. The summed E-state index contributed by atoms with van der Waals surface area (Å²) in [6.45, 7) is 5.88. The van der Waals surface area contributed by atoms with E-state index in [1.165, 1.54) is 5.56 Å². The lowest BCUT2D eigenvalue weighted by Gasteiger charge is -2.23. The number of para-hydroxylation sites is 2. The van der Waals surface area contributed by atoms with Gasteiger partial charge in [-0.1, -0.05) is 43.3 Å². The number of aryl methyl sites for hydroxylation is 1. The van der Waals surface area contributed by atoms with Crippen molar-refractivity contribution in [1.29, 1.82) is 0 Å². The number of rotatable bonds is 20. The standard InChI is InChI=1S/C55H57N5O13/c1-33-18-42-44(56-28-39-23-37-8-4-6-10-46(37)58(39)54(42)64)26-48(33)71-30-35-20-36(22-41(21-35)70-17-16-68-13-12-67-14-15-69-32-52(62)73-60-51(61)19-34(2)53(60)63)31-72-50-27-45-43(25-49(50)66-3)55(65)59-40(29-57-45)24-38-9-5-7-11-47(38)59/h4-11,18,20-22,25-27,34,39-40,56-57H,12-17,19,23-24,28-32H2,1-3H3/t34?,39-,40-/m0/s1. The Bertz CT molecular complexity index is 2950. The molecule has 5 aromatic carbocycles. The number of benzene rings is 5. The van der Waals surface area contributed by atoms with Crippen molar-refractivity contribution < 1.29 is 62.0 Å². The zero-order valence-corrected chi connectivity index (χ0v) is 40.9. The maximum atomic E-state index is 14.1. The summed E-state index contributed by atoms with van der Waals surface area (Å²) in [7, 11) is 1.55. The second-order valence-electron chi connectivity index (χ2n) is 18.6. The number of nitrogens with zero attached hydrogens (tertiary/aromatic N) is 3. The van der Waals surface area contributed by atoms with Gasteiger partial charge in [-0.25, -0.2) is 4.79 Å². The fourth-order valence-electron chi connectivity index (χ4n) is 9.93. The molecule has 0 spiro atoms. The Hall–Kier alpha value is -7.67. The first-order valence-electron chi connectivity index (χ1n) is 24.5. The Morgan fingerprint density at radius 3 is 1.75 bits per heavy atom. The van der Waals surface area contributed by atoms with Gasteiger partial charge in [0.1, 0.15) is 37.9 Å². The van der Waals surface area contributed by atoms with Gasteiger partial charge in [-0.15, -0.1) is 5.06 Å². The van der Waals surface area contributed by atoms with Crippen molar-refractivity contribution in [3.05, 3.63) is 130 Å². The minimum Gasteiger partial charge on any atom is -0.493 e. The van der Waals surface area contributed by atoms with Gasteiger partial charge < -0.3 is 58.4 Å². The topological polar surface area (TPSA) is 193 Å². The van der Waals surface area contributed by atoms with Gasteiger partial charge in [-0.3, -0.25) is 19.2 Å². The van der Waals surface area contributed by atoms with E-state index in [4.69, 9.17) is 38.0 Å². The van der Waals surface area contributed by atoms with Gasteiger partial charge in [0.05, 0.1) is 74.7 Å². The molecule has 73 heavy (non-hydrogen) atoms. The van der Waals surface area contributed by atoms with Crippen LogP contribution in [0.2, 0.25) is 0 Å². The first-order valence-corrected chi connectivity index (χ1v) is 24.5. The molecule has 3 atom stereocenters. The highest BCUT2D eigenvalue weighted by atomic mass is 16.7. The molecule has 5 aromatic rings. The zero-order valence-electron chi connectivity index (χ0n) is 40.9. The molecule has 0 aromatic heterocycles. The van der Waals surface area contributed by atoms with Crippen LogP contribution in [0.5, 0.6) is 23.0 Å². The van der Waals surface area contributed by atoms with Gasteiger partial charge in [0.25, 0.3) is 23.6 Å². The minimum atomic E-state index is -0.853. The van der Waals surface area contributed by atoms with E-state index in [1.54, 1.807) is 20.1 Å². The Morgan fingerprint density at radius 1 is 0.616 bits per heavy atom. The van der Waals surface area contributed by atoms with Crippen LogP contribution >= 0.6 is 0 Å². The molecule has 1 saturated heterocycles. The predicted octanol–water partition coefficient (Wildman–Crippen LogP) is 6.44. The highest BCUT2D eigenvalue weighted by Crippen LogP contribution is 2.42. The SMILES string of the molecule is COc1cc2c(cc1OCc1cc(COc3cc4c(cc3C)C(=O)N3c5ccccc5C[C@H]3CN4)cc(OCCOCCOCCOCC(=O)ON3C(=O)CC(C)C3=O)c1)NC[C@@H]1Cc3ccccc3N1C2=O. The maximum Gasteiger partial charge on any atom is 0.358 e. The molecule has 18 nitrogen and oxygen atoms in total. The molecule has 10 rings (SSSR count). The fourth-order valence-corrected chi connectivity index (χ4v) is 9.93. The lowest BCUT2D eigenvalue weighted by molar-refractivity contribution is -0.201. The smallest absolute Gasteiger partial charge is 0.358 e. The number of imide groups is 1. The number of anilines is 4. The van der Waals surface area contributed by atoms with E-state index in [0.29, 0.717) is 58.0 Å². The van der Waals surface area contributed by atoms with Crippen LogP contribution in [0.1, 0.15) is 61.9 Å². The lowest BCUT2D eigenvalue weighted by Crippen LogP contribution is -2.39. The number of hydrogen-bond acceptors (Lipinski definition) is 15.